The van der Waals surface area contributed by atoms with Crippen molar-refractivity contribution >= 4 is 11.8 Å². The van der Waals surface area contributed by atoms with Crippen LogP contribution in [0.25, 0.3) is 0 Å². The number of carboxylic acid groups (broad SMARTS) is 1. The summed E-state index contributed by atoms with van der Waals surface area (Å²) in [5.74, 6) is 0.459. The quantitative estimate of drug-likeness (QED) is 0.681. The lowest BCUT2D eigenvalue weighted by Crippen LogP contribution is -2.32. The number of rotatable bonds is 6. The van der Waals surface area contributed by atoms with Gasteiger partial charge in [0.25, 0.3) is 0 Å². The predicted molar refractivity (Wildman–Crippen MR) is 126 cm³/mol. The van der Waals surface area contributed by atoms with Crippen LogP contribution in [0, 0.1) is 11.3 Å². The van der Waals surface area contributed by atoms with Crippen LogP contribution in [0.2, 0.25) is 0 Å². The van der Waals surface area contributed by atoms with Crippen LogP contribution >= 0.6 is 0 Å². The maximum atomic E-state index is 11.2. The first kappa shape index (κ1) is 22.2. The van der Waals surface area contributed by atoms with Crippen molar-refractivity contribution in [1.29, 1.82) is 5.26 Å². The maximum absolute atomic E-state index is 11.2. The zero-order valence-electron chi connectivity index (χ0n) is 19.4. The molecule has 5 rings (SSSR count). The molecule has 1 fully saturated rings. The minimum Gasteiger partial charge on any atom is -0.490 e. The number of likely N-dealkylation sites (tertiary alicyclic amines) is 1. The standard InChI is InChI=1S/C26H28N4O4/c1-16(2)33-22-7-6-17(12-18(22)13-27)25-28-24(29-34-25)20-4-3-5-21-19(20)8-9-26(21)10-11-30(15-26)14-23(31)32/h3-7,12,16,25H,8-11,14-15H2,1-2H3,(H,28,29)(H,31,32). The first-order valence-electron chi connectivity index (χ1n) is 11.7. The van der Waals surface area contributed by atoms with Crippen molar-refractivity contribution in [1.82, 2.24) is 10.2 Å². The third kappa shape index (κ3) is 3.97. The summed E-state index contributed by atoms with van der Waals surface area (Å²) in [6.45, 7) is 5.52. The van der Waals surface area contributed by atoms with Crippen LogP contribution in [0.15, 0.2) is 41.6 Å². The molecule has 1 aliphatic carbocycles. The van der Waals surface area contributed by atoms with Crippen LogP contribution in [-0.4, -0.2) is 47.5 Å². The summed E-state index contributed by atoms with van der Waals surface area (Å²) in [4.78, 5) is 18.9. The fourth-order valence-corrected chi connectivity index (χ4v) is 5.49. The minimum atomic E-state index is -0.778. The smallest absolute Gasteiger partial charge is 0.317 e. The van der Waals surface area contributed by atoms with E-state index in [0.29, 0.717) is 17.1 Å². The van der Waals surface area contributed by atoms with Crippen LogP contribution in [0.1, 0.15) is 60.7 Å². The van der Waals surface area contributed by atoms with Crippen LogP contribution in [0.3, 0.4) is 0 Å². The number of nitrogens with one attached hydrogen (secondary N) is 1. The highest BCUT2D eigenvalue weighted by atomic mass is 16.7. The molecule has 176 valence electrons. The normalized spacial score (nSPS) is 23.4. The Morgan fingerprint density at radius 1 is 1.38 bits per heavy atom. The van der Waals surface area contributed by atoms with Gasteiger partial charge in [0.1, 0.15) is 11.8 Å². The molecule has 1 saturated heterocycles. The maximum Gasteiger partial charge on any atom is 0.317 e. The van der Waals surface area contributed by atoms with Gasteiger partial charge in [-0.05, 0) is 69.0 Å². The number of hydrogen-bond donors (Lipinski definition) is 2. The van der Waals surface area contributed by atoms with E-state index in [4.69, 9.17) is 9.57 Å². The average molecular weight is 461 g/mol. The van der Waals surface area contributed by atoms with Gasteiger partial charge in [0, 0.05) is 23.1 Å². The second-order valence-electron chi connectivity index (χ2n) is 9.57. The number of hydrogen-bond acceptors (Lipinski definition) is 7. The lowest BCUT2D eigenvalue weighted by Gasteiger charge is -2.25. The number of nitrogens with zero attached hydrogens (tertiary/aromatic N) is 3. The van der Waals surface area contributed by atoms with Gasteiger partial charge in [-0.15, -0.1) is 0 Å². The Morgan fingerprint density at radius 2 is 2.24 bits per heavy atom. The van der Waals surface area contributed by atoms with Gasteiger partial charge in [-0.2, -0.15) is 5.26 Å². The van der Waals surface area contributed by atoms with Gasteiger partial charge in [0.05, 0.1) is 18.2 Å². The molecular formula is C26H28N4O4. The molecule has 2 unspecified atom stereocenters. The Hall–Kier alpha value is -3.57. The highest BCUT2D eigenvalue weighted by molar-refractivity contribution is 6.01. The molecule has 8 heteroatoms. The first-order valence-corrected chi connectivity index (χ1v) is 11.7. The molecule has 34 heavy (non-hydrogen) atoms. The van der Waals surface area contributed by atoms with Crippen molar-refractivity contribution < 1.29 is 19.5 Å². The highest BCUT2D eigenvalue weighted by Gasteiger charge is 2.45. The summed E-state index contributed by atoms with van der Waals surface area (Å²) >= 11 is 0. The molecule has 2 aromatic carbocycles. The Kier molecular flexibility index (Phi) is 5.66. The van der Waals surface area contributed by atoms with E-state index in [0.717, 1.165) is 43.5 Å². The minimum absolute atomic E-state index is 0.00809. The zero-order valence-corrected chi connectivity index (χ0v) is 19.4. The van der Waals surface area contributed by atoms with Crippen molar-refractivity contribution in [2.24, 2.45) is 5.16 Å². The van der Waals surface area contributed by atoms with Gasteiger partial charge in [0.15, 0.2) is 5.84 Å². The lowest BCUT2D eigenvalue weighted by molar-refractivity contribution is -0.138. The number of carboxylic acids is 1. The molecule has 0 aromatic heterocycles. The molecular weight excluding hydrogens is 432 g/mol. The molecule has 1 spiro atoms. The molecule has 0 amide bonds. The molecule has 2 aromatic rings. The Labute approximate surface area is 198 Å². The third-order valence-electron chi connectivity index (χ3n) is 6.95. The van der Waals surface area contributed by atoms with E-state index in [9.17, 15) is 15.2 Å². The van der Waals surface area contributed by atoms with E-state index in [1.807, 2.05) is 30.9 Å². The molecule has 2 N–H and O–H groups in total. The van der Waals surface area contributed by atoms with Crippen molar-refractivity contribution in [3.05, 3.63) is 64.2 Å². The topological polar surface area (TPSA) is 107 Å². The van der Waals surface area contributed by atoms with Gasteiger partial charge >= 0.3 is 5.97 Å². The fraction of sp³-hybridized carbons (Fsp3) is 0.423. The molecule has 3 aliphatic rings. The number of nitriles is 1. The number of oxime groups is 1. The van der Waals surface area contributed by atoms with E-state index >= 15 is 0 Å². The van der Waals surface area contributed by atoms with E-state index in [2.05, 4.69) is 28.7 Å². The zero-order chi connectivity index (χ0) is 23.9. The molecule has 2 aliphatic heterocycles. The summed E-state index contributed by atoms with van der Waals surface area (Å²) in [5.41, 5.74) is 4.85. The van der Waals surface area contributed by atoms with Gasteiger partial charge in [0.2, 0.25) is 6.23 Å². The molecule has 0 bridgehead atoms. The third-order valence-corrected chi connectivity index (χ3v) is 6.95. The van der Waals surface area contributed by atoms with Crippen LogP contribution in [0.4, 0.5) is 0 Å². The molecule has 0 saturated carbocycles. The predicted octanol–water partition coefficient (Wildman–Crippen LogP) is 3.30. The monoisotopic (exact) mass is 460 g/mol. The van der Waals surface area contributed by atoms with Crippen molar-refractivity contribution in [3.8, 4) is 11.8 Å². The van der Waals surface area contributed by atoms with Crippen molar-refractivity contribution in [3.63, 3.8) is 0 Å². The number of benzene rings is 2. The van der Waals surface area contributed by atoms with Crippen LogP contribution < -0.4 is 10.1 Å². The second kappa shape index (κ2) is 8.65. The number of carbonyl (C=O) groups is 1. The molecule has 2 atom stereocenters. The number of amidine groups is 1. The summed E-state index contributed by atoms with van der Waals surface area (Å²) in [6, 6.07) is 13.9. The van der Waals surface area contributed by atoms with Gasteiger partial charge in [-0.3, -0.25) is 9.69 Å². The average Bonchev–Trinajstić information content (AvgIpc) is 3.53. The Balaban J connectivity index is 1.35. The molecule has 2 heterocycles. The number of ether oxygens (including phenoxy) is 1. The summed E-state index contributed by atoms with van der Waals surface area (Å²) in [7, 11) is 0. The van der Waals surface area contributed by atoms with E-state index in [1.165, 1.54) is 11.1 Å². The number of aliphatic carboxylic acids is 1. The van der Waals surface area contributed by atoms with E-state index in [-0.39, 0.29) is 18.1 Å². The van der Waals surface area contributed by atoms with Gasteiger partial charge in [-0.25, -0.2) is 0 Å². The summed E-state index contributed by atoms with van der Waals surface area (Å²) < 4.78 is 5.72. The summed E-state index contributed by atoms with van der Waals surface area (Å²) in [5, 5.41) is 26.4. The fourth-order valence-electron chi connectivity index (χ4n) is 5.49. The summed E-state index contributed by atoms with van der Waals surface area (Å²) in [6.07, 6.45) is 2.40. The van der Waals surface area contributed by atoms with E-state index in [1.54, 1.807) is 12.1 Å². The van der Waals surface area contributed by atoms with Gasteiger partial charge < -0.3 is 20.0 Å². The van der Waals surface area contributed by atoms with Crippen LogP contribution in [0.5, 0.6) is 5.75 Å². The van der Waals surface area contributed by atoms with E-state index < -0.39 is 12.2 Å². The van der Waals surface area contributed by atoms with Gasteiger partial charge in [-0.1, -0.05) is 23.4 Å². The largest absolute Gasteiger partial charge is 0.490 e. The molecule has 8 nitrogen and oxygen atoms in total. The lowest BCUT2D eigenvalue weighted by atomic mass is 9.81. The van der Waals surface area contributed by atoms with Crippen molar-refractivity contribution in [2.75, 3.05) is 19.6 Å². The second-order valence-corrected chi connectivity index (χ2v) is 9.57. The van der Waals surface area contributed by atoms with Crippen molar-refractivity contribution in [2.45, 2.75) is 50.9 Å². The SMILES string of the molecule is CC(C)Oc1ccc(C2NC(c3cccc4c3CCC43CCN(CC(=O)O)C3)=NO2)cc1C#N. The first-order chi connectivity index (χ1) is 16.4. The highest BCUT2D eigenvalue weighted by Crippen LogP contribution is 2.46. The number of fused-ring (bicyclic) bond motifs is 2. The molecule has 0 radical (unpaired) electrons. The Morgan fingerprint density at radius 3 is 3.00 bits per heavy atom. The Bertz CT molecular complexity index is 1200. The van der Waals surface area contributed by atoms with Crippen LogP contribution in [-0.2, 0) is 21.5 Å².